The zero-order chi connectivity index (χ0) is 18.0. The molecule has 0 aliphatic heterocycles. The van der Waals surface area contributed by atoms with Gasteiger partial charge in [0.25, 0.3) is 5.91 Å². The van der Waals surface area contributed by atoms with Crippen molar-refractivity contribution in [2.45, 2.75) is 0 Å². The highest BCUT2D eigenvalue weighted by molar-refractivity contribution is 8.04. The SMILES string of the molecule is O=C(O)CSC1=CC(=O)c2n[nH]c(C(=O)Nc3ccccc3)c2C1=O. The van der Waals surface area contributed by atoms with Crippen molar-refractivity contribution in [1.29, 1.82) is 0 Å². The molecule has 0 radical (unpaired) electrons. The predicted molar refractivity (Wildman–Crippen MR) is 89.8 cm³/mol. The lowest BCUT2D eigenvalue weighted by Crippen LogP contribution is -2.21. The quantitative estimate of drug-likeness (QED) is 0.743. The maximum Gasteiger partial charge on any atom is 0.313 e. The van der Waals surface area contributed by atoms with Gasteiger partial charge in [-0.25, -0.2) is 0 Å². The van der Waals surface area contributed by atoms with Crippen LogP contribution in [-0.4, -0.2) is 44.5 Å². The van der Waals surface area contributed by atoms with Crippen molar-refractivity contribution in [3.05, 3.63) is 58.3 Å². The number of carbonyl (C=O) groups is 4. The molecule has 0 fully saturated rings. The predicted octanol–water partition coefficient (Wildman–Crippen LogP) is 1.74. The van der Waals surface area contributed by atoms with Crippen molar-refractivity contribution in [2.75, 3.05) is 11.1 Å². The van der Waals surface area contributed by atoms with Gasteiger partial charge in [0.15, 0.2) is 0 Å². The number of carboxylic acids is 1. The third-order valence-electron chi connectivity index (χ3n) is 3.32. The summed E-state index contributed by atoms with van der Waals surface area (Å²) in [4.78, 5) is 47.7. The standard InChI is InChI=1S/C16H11N3O5S/c20-9-6-10(25-7-11(21)22)15(23)12-13(9)18-19-14(12)16(24)17-8-4-2-1-3-5-8/h1-6H,7H2,(H,17,24)(H,18,19)(H,21,22). The molecule has 1 aliphatic rings. The lowest BCUT2D eigenvalue weighted by atomic mass is 9.99. The molecular formula is C16H11N3O5S. The number of nitrogens with zero attached hydrogens (tertiary/aromatic N) is 1. The van der Waals surface area contributed by atoms with E-state index in [-0.39, 0.29) is 27.6 Å². The second kappa shape index (κ2) is 6.73. The third-order valence-corrected chi connectivity index (χ3v) is 4.33. The van der Waals surface area contributed by atoms with E-state index in [1.165, 1.54) is 0 Å². The molecule has 2 aromatic rings. The molecule has 8 nitrogen and oxygen atoms in total. The van der Waals surface area contributed by atoms with Crippen LogP contribution in [0.4, 0.5) is 5.69 Å². The van der Waals surface area contributed by atoms with E-state index >= 15 is 0 Å². The summed E-state index contributed by atoms with van der Waals surface area (Å²) in [5.74, 6) is -3.27. The molecule has 1 heterocycles. The molecule has 1 aliphatic carbocycles. The number of hydrogen-bond acceptors (Lipinski definition) is 6. The number of aromatic amines is 1. The first kappa shape index (κ1) is 16.7. The van der Waals surface area contributed by atoms with E-state index in [1.54, 1.807) is 30.3 Å². The van der Waals surface area contributed by atoms with Crippen molar-refractivity contribution in [3.8, 4) is 0 Å². The van der Waals surface area contributed by atoms with Crippen molar-refractivity contribution < 1.29 is 24.3 Å². The van der Waals surface area contributed by atoms with E-state index in [2.05, 4.69) is 15.5 Å². The van der Waals surface area contributed by atoms with Gasteiger partial charge in [-0.3, -0.25) is 24.3 Å². The lowest BCUT2D eigenvalue weighted by molar-refractivity contribution is -0.133. The van der Waals surface area contributed by atoms with E-state index in [4.69, 9.17) is 5.11 Å². The number of aromatic nitrogens is 2. The van der Waals surface area contributed by atoms with Crippen LogP contribution in [0, 0.1) is 0 Å². The average molecular weight is 357 g/mol. The summed E-state index contributed by atoms with van der Waals surface area (Å²) in [6, 6.07) is 8.59. The van der Waals surface area contributed by atoms with Crippen LogP contribution in [0.1, 0.15) is 31.3 Å². The van der Waals surface area contributed by atoms with Crippen molar-refractivity contribution in [3.63, 3.8) is 0 Å². The average Bonchev–Trinajstić information content (AvgIpc) is 3.03. The number of rotatable bonds is 5. The molecule has 9 heteroatoms. The first-order valence-corrected chi connectivity index (χ1v) is 8.06. The number of ketones is 2. The number of amides is 1. The Kier molecular flexibility index (Phi) is 4.48. The van der Waals surface area contributed by atoms with Gasteiger partial charge < -0.3 is 10.4 Å². The highest BCUT2D eigenvalue weighted by Crippen LogP contribution is 2.29. The lowest BCUT2D eigenvalue weighted by Gasteiger charge is -2.11. The minimum atomic E-state index is -1.12. The van der Waals surface area contributed by atoms with Gasteiger partial charge in [0.05, 0.1) is 16.2 Å². The summed E-state index contributed by atoms with van der Waals surface area (Å²) in [7, 11) is 0. The number of benzene rings is 1. The first-order chi connectivity index (χ1) is 12.0. The largest absolute Gasteiger partial charge is 0.481 e. The fraction of sp³-hybridized carbons (Fsp3) is 0.0625. The van der Waals surface area contributed by atoms with E-state index in [9.17, 15) is 19.2 Å². The number of thioether (sulfide) groups is 1. The fourth-order valence-electron chi connectivity index (χ4n) is 2.24. The molecule has 1 aromatic carbocycles. The van der Waals surface area contributed by atoms with E-state index < -0.39 is 23.4 Å². The maximum absolute atomic E-state index is 12.5. The molecule has 0 atom stereocenters. The number of carboxylic acid groups (broad SMARTS) is 1. The monoisotopic (exact) mass is 357 g/mol. The van der Waals surface area contributed by atoms with E-state index in [0.717, 1.165) is 17.8 Å². The molecule has 3 rings (SSSR count). The van der Waals surface area contributed by atoms with Gasteiger partial charge in [-0.05, 0) is 12.1 Å². The molecule has 0 unspecified atom stereocenters. The third kappa shape index (κ3) is 3.36. The second-order valence-electron chi connectivity index (χ2n) is 5.03. The van der Waals surface area contributed by atoms with Gasteiger partial charge in [-0.1, -0.05) is 18.2 Å². The number of Topliss-reactive ketones (excluding diaryl/α,β-unsaturated/α-hetero) is 1. The zero-order valence-corrected chi connectivity index (χ0v) is 13.4. The molecule has 126 valence electrons. The number of carbonyl (C=O) groups excluding carboxylic acids is 3. The Hall–Kier alpha value is -3.20. The topological polar surface area (TPSA) is 129 Å². The normalized spacial score (nSPS) is 13.2. The molecule has 0 bridgehead atoms. The van der Waals surface area contributed by atoms with Crippen LogP contribution in [0.3, 0.4) is 0 Å². The summed E-state index contributed by atoms with van der Waals surface area (Å²) >= 11 is 0.727. The molecule has 3 N–H and O–H groups in total. The summed E-state index contributed by atoms with van der Waals surface area (Å²) < 4.78 is 0. The Morgan fingerprint density at radius 2 is 1.92 bits per heavy atom. The van der Waals surface area contributed by atoms with Gasteiger partial charge in [0.2, 0.25) is 11.6 Å². The van der Waals surface area contributed by atoms with Crippen molar-refractivity contribution in [1.82, 2.24) is 10.2 Å². The Labute approximate surface area is 145 Å². The highest BCUT2D eigenvalue weighted by Gasteiger charge is 2.34. The summed E-state index contributed by atoms with van der Waals surface area (Å²) in [5, 5.41) is 17.5. The number of H-pyrrole nitrogens is 1. The number of anilines is 1. The van der Waals surface area contributed by atoms with E-state index in [1.807, 2.05) is 0 Å². The Balaban J connectivity index is 1.89. The smallest absolute Gasteiger partial charge is 0.313 e. The van der Waals surface area contributed by atoms with Crippen molar-refractivity contribution in [2.24, 2.45) is 0 Å². The van der Waals surface area contributed by atoms with E-state index in [0.29, 0.717) is 5.69 Å². The number of para-hydroxylation sites is 1. The van der Waals surface area contributed by atoms with Crippen LogP contribution in [0.5, 0.6) is 0 Å². The van der Waals surface area contributed by atoms with Crippen LogP contribution in [0.2, 0.25) is 0 Å². The Morgan fingerprint density at radius 3 is 2.60 bits per heavy atom. The number of hydrogen-bond donors (Lipinski definition) is 3. The molecule has 25 heavy (non-hydrogen) atoms. The number of nitrogens with one attached hydrogen (secondary N) is 2. The van der Waals surface area contributed by atoms with Crippen LogP contribution < -0.4 is 5.32 Å². The Morgan fingerprint density at radius 1 is 1.20 bits per heavy atom. The van der Waals surface area contributed by atoms with Crippen LogP contribution in [0.15, 0.2) is 41.3 Å². The summed E-state index contributed by atoms with van der Waals surface area (Å²) in [6.45, 7) is 0. The summed E-state index contributed by atoms with van der Waals surface area (Å²) in [6.07, 6.45) is 1.04. The summed E-state index contributed by atoms with van der Waals surface area (Å²) in [5.41, 5.74) is 0.0805. The molecule has 1 amide bonds. The molecular weight excluding hydrogens is 346 g/mol. The van der Waals surface area contributed by atoms with Gasteiger partial charge in [0, 0.05) is 11.8 Å². The Bertz CT molecular complexity index is 917. The van der Waals surface area contributed by atoms with Gasteiger partial charge in [-0.2, -0.15) is 5.10 Å². The van der Waals surface area contributed by atoms with Crippen molar-refractivity contribution >= 4 is 40.9 Å². The van der Waals surface area contributed by atoms with Gasteiger partial charge >= 0.3 is 5.97 Å². The number of fused-ring (bicyclic) bond motifs is 1. The van der Waals surface area contributed by atoms with Gasteiger partial charge in [0.1, 0.15) is 11.4 Å². The van der Waals surface area contributed by atoms with Crippen LogP contribution >= 0.6 is 11.8 Å². The first-order valence-electron chi connectivity index (χ1n) is 7.07. The highest BCUT2D eigenvalue weighted by atomic mass is 32.2. The van der Waals surface area contributed by atoms with Gasteiger partial charge in [-0.15, -0.1) is 11.8 Å². The molecule has 0 spiro atoms. The fourth-order valence-corrected chi connectivity index (χ4v) is 2.95. The number of aliphatic carboxylic acids is 1. The van der Waals surface area contributed by atoms with Crippen LogP contribution in [0.25, 0.3) is 0 Å². The maximum atomic E-state index is 12.5. The zero-order valence-electron chi connectivity index (χ0n) is 12.6. The number of allylic oxidation sites excluding steroid dienone is 2. The minimum absolute atomic E-state index is 0.0324. The van der Waals surface area contributed by atoms with Crippen LogP contribution in [-0.2, 0) is 4.79 Å². The molecule has 0 saturated heterocycles. The molecule has 0 saturated carbocycles. The second-order valence-corrected chi connectivity index (χ2v) is 6.04. The minimum Gasteiger partial charge on any atom is -0.481 e. The molecule has 1 aromatic heterocycles.